The lowest BCUT2D eigenvalue weighted by Crippen LogP contribution is -2.66. The van der Waals surface area contributed by atoms with Crippen molar-refractivity contribution in [3.05, 3.63) is 24.3 Å². The molecule has 0 N–H and O–H groups in total. The Balaban J connectivity index is 1.74. The maximum atomic E-state index is 10.9. The van der Waals surface area contributed by atoms with Crippen LogP contribution in [0.1, 0.15) is 12.8 Å². The van der Waals surface area contributed by atoms with E-state index in [4.69, 9.17) is 9.47 Å². The second-order valence-electron chi connectivity index (χ2n) is 3.86. The monoisotopic (exact) mass is 192 g/mol. The van der Waals surface area contributed by atoms with Crippen molar-refractivity contribution in [2.24, 2.45) is 0 Å². The zero-order valence-electron chi connectivity index (χ0n) is 7.36. The van der Waals surface area contributed by atoms with Crippen molar-refractivity contribution in [1.82, 2.24) is 0 Å². The van der Waals surface area contributed by atoms with Crippen molar-refractivity contribution in [3.8, 4) is 0 Å². The van der Waals surface area contributed by atoms with Crippen molar-refractivity contribution in [3.63, 3.8) is 0 Å². The third-order valence-electron chi connectivity index (χ3n) is 2.69. The molecule has 2 fully saturated rings. The van der Waals surface area contributed by atoms with E-state index in [1.165, 1.54) is 12.2 Å². The Kier molecular flexibility index (Phi) is 1.22. The van der Waals surface area contributed by atoms with E-state index in [0.717, 1.165) is 0 Å². The van der Waals surface area contributed by atoms with Crippen LogP contribution in [0.15, 0.2) is 24.3 Å². The normalized spacial score (nSPS) is 36.9. The van der Waals surface area contributed by atoms with Gasteiger partial charge < -0.3 is 9.47 Å². The van der Waals surface area contributed by atoms with Crippen molar-refractivity contribution in [2.75, 3.05) is 0 Å². The summed E-state index contributed by atoms with van der Waals surface area (Å²) in [6.45, 7) is 0. The molecule has 2 saturated heterocycles. The third-order valence-corrected chi connectivity index (χ3v) is 2.69. The Labute approximate surface area is 80.2 Å². The second-order valence-corrected chi connectivity index (χ2v) is 3.86. The molecule has 0 saturated carbocycles. The van der Waals surface area contributed by atoms with E-state index in [9.17, 15) is 9.59 Å². The molecule has 0 bridgehead atoms. The molecular formula is C10H8O4. The van der Waals surface area contributed by atoms with Crippen molar-refractivity contribution >= 4 is 11.8 Å². The fourth-order valence-corrected chi connectivity index (χ4v) is 2.08. The highest BCUT2D eigenvalue weighted by Gasteiger charge is 2.63. The summed E-state index contributed by atoms with van der Waals surface area (Å²) < 4.78 is 10.4. The van der Waals surface area contributed by atoms with Crippen LogP contribution in [-0.2, 0) is 19.1 Å². The Hall–Kier alpha value is -1.42. The number of allylic oxidation sites excluding steroid dienone is 2. The van der Waals surface area contributed by atoms with Gasteiger partial charge in [0.2, 0.25) is 5.79 Å². The number of rotatable bonds is 0. The van der Waals surface area contributed by atoms with Crippen LogP contribution < -0.4 is 0 Å². The van der Waals surface area contributed by atoms with Crippen molar-refractivity contribution in [1.29, 1.82) is 0 Å². The number of carbonyl (C=O) groups excluding carboxylic acids is 2. The summed E-state index contributed by atoms with van der Waals surface area (Å²) in [6, 6.07) is 0. The van der Waals surface area contributed by atoms with Gasteiger partial charge in [-0.05, 0) is 24.3 Å². The molecule has 2 aliphatic heterocycles. The lowest BCUT2D eigenvalue weighted by atomic mass is 9.80. The van der Waals surface area contributed by atoms with Gasteiger partial charge in [-0.2, -0.15) is 0 Å². The molecule has 1 aliphatic carbocycles. The number of hydrogen-bond donors (Lipinski definition) is 0. The largest absolute Gasteiger partial charge is 0.432 e. The third kappa shape index (κ3) is 0.915. The lowest BCUT2D eigenvalue weighted by Gasteiger charge is -2.56. The summed E-state index contributed by atoms with van der Waals surface area (Å²) in [6.07, 6.45) is 7.33. The molecule has 1 unspecified atom stereocenters. The van der Waals surface area contributed by atoms with E-state index in [2.05, 4.69) is 0 Å². The SMILES string of the molecule is O=C1C=CC2(C=C1)CC1(CC(=O)O1)O2. The highest BCUT2D eigenvalue weighted by molar-refractivity contribution is 6.00. The summed E-state index contributed by atoms with van der Waals surface area (Å²) in [7, 11) is 0. The number of ether oxygens (including phenoxy) is 2. The van der Waals surface area contributed by atoms with Crippen LogP contribution in [0.25, 0.3) is 0 Å². The lowest BCUT2D eigenvalue weighted by molar-refractivity contribution is -0.374. The summed E-state index contributed by atoms with van der Waals surface area (Å²) in [5.74, 6) is -0.947. The smallest absolute Gasteiger partial charge is 0.315 e. The van der Waals surface area contributed by atoms with Crippen LogP contribution >= 0.6 is 0 Å². The molecule has 0 aromatic rings. The van der Waals surface area contributed by atoms with Gasteiger partial charge in [0.25, 0.3) is 0 Å². The van der Waals surface area contributed by atoms with Crippen LogP contribution in [0.3, 0.4) is 0 Å². The van der Waals surface area contributed by atoms with E-state index < -0.39 is 11.4 Å². The van der Waals surface area contributed by atoms with Gasteiger partial charge in [0, 0.05) is 0 Å². The Bertz CT molecular complexity index is 357. The quantitative estimate of drug-likeness (QED) is 0.524. The highest BCUT2D eigenvalue weighted by atomic mass is 16.8. The summed E-state index contributed by atoms with van der Waals surface area (Å²) in [5.41, 5.74) is -0.505. The van der Waals surface area contributed by atoms with E-state index >= 15 is 0 Å². The van der Waals surface area contributed by atoms with Crippen LogP contribution in [0.4, 0.5) is 0 Å². The highest BCUT2D eigenvalue weighted by Crippen LogP contribution is 2.51. The molecule has 4 nitrogen and oxygen atoms in total. The molecule has 2 spiro atoms. The van der Waals surface area contributed by atoms with Gasteiger partial charge in [-0.25, -0.2) is 0 Å². The van der Waals surface area contributed by atoms with Gasteiger partial charge in [-0.1, -0.05) is 0 Å². The minimum atomic E-state index is -0.688. The molecule has 2 heterocycles. The molecule has 3 aliphatic rings. The summed E-state index contributed by atoms with van der Waals surface area (Å²) in [4.78, 5) is 21.5. The fourth-order valence-electron chi connectivity index (χ4n) is 2.08. The Morgan fingerprint density at radius 2 is 1.79 bits per heavy atom. The van der Waals surface area contributed by atoms with Crippen LogP contribution in [0, 0.1) is 0 Å². The number of hydrogen-bond acceptors (Lipinski definition) is 4. The first-order valence-electron chi connectivity index (χ1n) is 4.46. The van der Waals surface area contributed by atoms with Gasteiger partial charge in [0.1, 0.15) is 12.0 Å². The molecule has 0 aromatic carbocycles. The van der Waals surface area contributed by atoms with Gasteiger partial charge >= 0.3 is 5.97 Å². The molecule has 72 valence electrons. The molecule has 1 atom stereocenters. The van der Waals surface area contributed by atoms with Gasteiger partial charge in [0.15, 0.2) is 5.78 Å². The van der Waals surface area contributed by atoms with Gasteiger partial charge in [0.05, 0.1) is 6.42 Å². The number of ketones is 1. The maximum Gasteiger partial charge on any atom is 0.315 e. The molecule has 0 amide bonds. The van der Waals surface area contributed by atoms with Crippen molar-refractivity contribution < 1.29 is 19.1 Å². The molecule has 14 heavy (non-hydrogen) atoms. The topological polar surface area (TPSA) is 52.6 Å². The fraction of sp³-hybridized carbons (Fsp3) is 0.400. The number of esters is 1. The average Bonchev–Trinajstić information content (AvgIpc) is 2.04. The standard InChI is InChI=1S/C10H8O4/c11-7-1-3-9(4-2-7)6-10(14-9)5-8(12)13-10/h1-4H,5-6H2. The van der Waals surface area contributed by atoms with E-state index in [-0.39, 0.29) is 11.8 Å². The van der Waals surface area contributed by atoms with E-state index in [1.807, 2.05) is 0 Å². The Morgan fingerprint density at radius 3 is 2.29 bits per heavy atom. The van der Waals surface area contributed by atoms with Crippen LogP contribution in [0.5, 0.6) is 0 Å². The van der Waals surface area contributed by atoms with Crippen LogP contribution in [-0.4, -0.2) is 23.1 Å². The Morgan fingerprint density at radius 1 is 1.21 bits per heavy atom. The zero-order valence-corrected chi connectivity index (χ0v) is 7.36. The predicted octanol–water partition coefficient (Wildman–Crippen LogP) is 0.484. The second kappa shape index (κ2) is 2.15. The molecular weight excluding hydrogens is 184 g/mol. The number of carbonyl (C=O) groups is 2. The predicted molar refractivity (Wildman–Crippen MR) is 45.2 cm³/mol. The summed E-state index contributed by atoms with van der Waals surface area (Å²) >= 11 is 0. The van der Waals surface area contributed by atoms with Gasteiger partial charge in [-0.3, -0.25) is 9.59 Å². The summed E-state index contributed by atoms with van der Waals surface area (Å²) in [5, 5.41) is 0. The molecule has 4 heteroatoms. The molecule has 0 aromatic heterocycles. The first-order valence-corrected chi connectivity index (χ1v) is 4.46. The minimum Gasteiger partial charge on any atom is -0.432 e. The van der Waals surface area contributed by atoms with E-state index in [1.54, 1.807) is 12.2 Å². The average molecular weight is 192 g/mol. The first kappa shape index (κ1) is 7.94. The van der Waals surface area contributed by atoms with E-state index in [0.29, 0.717) is 12.8 Å². The van der Waals surface area contributed by atoms with Crippen LogP contribution in [0.2, 0.25) is 0 Å². The molecule has 3 rings (SSSR count). The molecule has 0 radical (unpaired) electrons. The minimum absolute atomic E-state index is 0.0363. The van der Waals surface area contributed by atoms with Gasteiger partial charge in [-0.15, -0.1) is 0 Å². The maximum absolute atomic E-state index is 10.9. The van der Waals surface area contributed by atoms with Crippen molar-refractivity contribution in [2.45, 2.75) is 24.2 Å². The zero-order chi connectivity index (χ0) is 9.81. The first-order chi connectivity index (χ1) is 6.62.